The van der Waals surface area contributed by atoms with Crippen molar-refractivity contribution in [2.45, 2.75) is 19.3 Å². The Labute approximate surface area is 120 Å². The van der Waals surface area contributed by atoms with E-state index in [1.54, 1.807) is 0 Å². The van der Waals surface area contributed by atoms with Gasteiger partial charge in [0.1, 0.15) is 5.56 Å². The van der Waals surface area contributed by atoms with Crippen LogP contribution in [0.2, 0.25) is 5.02 Å². The molecule has 0 heterocycles. The molecule has 0 amide bonds. The Morgan fingerprint density at radius 2 is 2.25 bits per heavy atom. The molecule has 7 heteroatoms. The number of hydrogen-bond acceptors (Lipinski definition) is 5. The summed E-state index contributed by atoms with van der Waals surface area (Å²) in [5.74, 6) is -0.766. The van der Waals surface area contributed by atoms with Crippen molar-refractivity contribution >= 4 is 23.3 Å². The summed E-state index contributed by atoms with van der Waals surface area (Å²) in [6.07, 6.45) is 1.98. The van der Waals surface area contributed by atoms with Gasteiger partial charge < -0.3 is 4.74 Å². The van der Waals surface area contributed by atoms with Crippen molar-refractivity contribution in [2.75, 3.05) is 6.61 Å². The second-order valence-corrected chi connectivity index (χ2v) is 5.27. The number of halogens is 1. The number of rotatable bonds is 5. The van der Waals surface area contributed by atoms with Crippen LogP contribution in [0.5, 0.6) is 0 Å². The highest BCUT2D eigenvalue weighted by atomic mass is 35.5. The number of benzene rings is 1. The highest BCUT2D eigenvalue weighted by molar-refractivity contribution is 6.31. The Bertz CT molecular complexity index is 605. The highest BCUT2D eigenvalue weighted by Crippen LogP contribution is 2.48. The van der Waals surface area contributed by atoms with Gasteiger partial charge in [0.2, 0.25) is 0 Å². The fourth-order valence-corrected chi connectivity index (χ4v) is 2.01. The number of nitro benzene ring substituents is 1. The molecule has 6 nitrogen and oxygen atoms in total. The third kappa shape index (κ3) is 3.06. The zero-order chi connectivity index (χ0) is 14.8. The first kappa shape index (κ1) is 14.3. The third-order valence-electron chi connectivity index (χ3n) is 3.30. The summed E-state index contributed by atoms with van der Waals surface area (Å²) in [5, 5.41) is 19.7. The molecule has 0 N–H and O–H groups in total. The number of hydrogen-bond donors (Lipinski definition) is 0. The van der Waals surface area contributed by atoms with Crippen molar-refractivity contribution in [2.24, 2.45) is 5.41 Å². The van der Waals surface area contributed by atoms with Crippen LogP contribution < -0.4 is 0 Å². The van der Waals surface area contributed by atoms with Gasteiger partial charge in [-0.3, -0.25) is 10.1 Å². The van der Waals surface area contributed by atoms with Crippen molar-refractivity contribution < 1.29 is 14.5 Å². The minimum atomic E-state index is -0.766. The van der Waals surface area contributed by atoms with Crippen LogP contribution in [-0.4, -0.2) is 17.5 Å². The molecular formula is C13H11ClN2O4. The maximum absolute atomic E-state index is 11.9. The van der Waals surface area contributed by atoms with Crippen LogP contribution in [0.25, 0.3) is 0 Å². The quantitative estimate of drug-likeness (QED) is 0.472. The van der Waals surface area contributed by atoms with Gasteiger partial charge in [-0.2, -0.15) is 5.26 Å². The van der Waals surface area contributed by atoms with E-state index in [2.05, 4.69) is 6.07 Å². The lowest BCUT2D eigenvalue weighted by Crippen LogP contribution is -2.16. The molecule has 0 aliphatic heterocycles. The summed E-state index contributed by atoms with van der Waals surface area (Å²) in [6.45, 7) is 0.110. The van der Waals surface area contributed by atoms with E-state index in [1.807, 2.05) is 0 Å². The van der Waals surface area contributed by atoms with Gasteiger partial charge in [-0.15, -0.1) is 0 Å². The van der Waals surface area contributed by atoms with Gasteiger partial charge in [0, 0.05) is 22.9 Å². The predicted molar refractivity (Wildman–Crippen MR) is 70.3 cm³/mol. The van der Waals surface area contributed by atoms with Crippen LogP contribution in [0, 0.1) is 26.9 Å². The lowest BCUT2D eigenvalue weighted by atomic mass is 10.1. The van der Waals surface area contributed by atoms with Gasteiger partial charge in [-0.1, -0.05) is 11.6 Å². The zero-order valence-corrected chi connectivity index (χ0v) is 11.2. The minimum absolute atomic E-state index is 0.110. The van der Waals surface area contributed by atoms with E-state index in [1.165, 1.54) is 12.1 Å². The first-order valence-corrected chi connectivity index (χ1v) is 6.33. The number of ether oxygens (including phenoxy) is 1. The van der Waals surface area contributed by atoms with E-state index in [9.17, 15) is 14.9 Å². The number of carbonyl (C=O) groups is 1. The van der Waals surface area contributed by atoms with Crippen molar-refractivity contribution in [1.82, 2.24) is 0 Å². The minimum Gasteiger partial charge on any atom is -0.461 e. The molecule has 0 radical (unpaired) electrons. The van der Waals surface area contributed by atoms with E-state index < -0.39 is 10.9 Å². The molecule has 1 fully saturated rings. The molecule has 0 atom stereocenters. The summed E-state index contributed by atoms with van der Waals surface area (Å²) in [5.41, 5.74) is -0.772. The number of nitrogens with zero attached hydrogens (tertiary/aromatic N) is 2. The molecular weight excluding hydrogens is 284 g/mol. The molecule has 2 rings (SSSR count). The summed E-state index contributed by atoms with van der Waals surface area (Å²) >= 11 is 5.67. The normalized spacial score (nSPS) is 15.2. The lowest BCUT2D eigenvalue weighted by Gasteiger charge is -2.11. The van der Waals surface area contributed by atoms with E-state index in [0.29, 0.717) is 6.42 Å². The average Bonchev–Trinajstić information content (AvgIpc) is 3.16. The molecule has 1 aromatic carbocycles. The third-order valence-corrected chi connectivity index (χ3v) is 3.53. The largest absolute Gasteiger partial charge is 0.461 e. The standard InChI is InChI=1S/C13H11ClN2O4/c14-9-1-2-10(11(7-9)16(18)19)12(17)20-8-13(3-4-13)5-6-15/h1-2,7H,3-5,8H2. The monoisotopic (exact) mass is 294 g/mol. The summed E-state index contributed by atoms with van der Waals surface area (Å²) in [7, 11) is 0. The smallest absolute Gasteiger partial charge is 0.345 e. The van der Waals surface area contributed by atoms with Gasteiger partial charge in [-0.05, 0) is 25.0 Å². The molecule has 1 aliphatic rings. The maximum Gasteiger partial charge on any atom is 0.345 e. The average molecular weight is 295 g/mol. The molecule has 20 heavy (non-hydrogen) atoms. The van der Waals surface area contributed by atoms with Crippen molar-refractivity contribution in [3.05, 3.63) is 38.9 Å². The van der Waals surface area contributed by atoms with Gasteiger partial charge in [0.05, 0.1) is 17.6 Å². The van der Waals surface area contributed by atoms with Gasteiger partial charge >= 0.3 is 5.97 Å². The van der Waals surface area contributed by atoms with Crippen LogP contribution in [0.3, 0.4) is 0 Å². The van der Waals surface area contributed by atoms with Crippen molar-refractivity contribution in [3.63, 3.8) is 0 Å². The first-order chi connectivity index (χ1) is 9.47. The van der Waals surface area contributed by atoms with Crippen LogP contribution in [0.15, 0.2) is 18.2 Å². The van der Waals surface area contributed by atoms with Crippen LogP contribution in [0.4, 0.5) is 5.69 Å². The van der Waals surface area contributed by atoms with Crippen LogP contribution >= 0.6 is 11.6 Å². The highest BCUT2D eigenvalue weighted by Gasteiger charge is 2.44. The Hall–Kier alpha value is -2.13. The maximum atomic E-state index is 11.9. The second kappa shape index (κ2) is 5.47. The predicted octanol–water partition coefficient (Wildman–Crippen LogP) is 3.10. The Morgan fingerprint density at radius 1 is 1.55 bits per heavy atom. The van der Waals surface area contributed by atoms with Crippen LogP contribution in [0.1, 0.15) is 29.6 Å². The molecule has 0 bridgehead atoms. The SMILES string of the molecule is N#CCC1(COC(=O)c2ccc(Cl)cc2[N+](=O)[O-])CC1. The number of nitro groups is 1. The fraction of sp³-hybridized carbons (Fsp3) is 0.385. The van der Waals surface area contributed by atoms with Crippen molar-refractivity contribution in [3.8, 4) is 6.07 Å². The fourth-order valence-electron chi connectivity index (χ4n) is 1.84. The van der Waals surface area contributed by atoms with Gasteiger partial charge in [0.25, 0.3) is 5.69 Å². The second-order valence-electron chi connectivity index (χ2n) is 4.83. The van der Waals surface area contributed by atoms with E-state index in [4.69, 9.17) is 21.6 Å². The summed E-state index contributed by atoms with van der Waals surface area (Å²) in [4.78, 5) is 22.1. The van der Waals surface area contributed by atoms with Crippen molar-refractivity contribution in [1.29, 1.82) is 5.26 Å². The Balaban J connectivity index is 2.10. The Morgan fingerprint density at radius 3 is 2.80 bits per heavy atom. The molecule has 0 saturated heterocycles. The molecule has 1 aromatic rings. The van der Waals surface area contributed by atoms with Crippen LogP contribution in [-0.2, 0) is 4.74 Å². The topological polar surface area (TPSA) is 93.2 Å². The van der Waals surface area contributed by atoms with Gasteiger partial charge in [-0.25, -0.2) is 4.79 Å². The number of nitriles is 1. The first-order valence-electron chi connectivity index (χ1n) is 5.95. The number of carbonyl (C=O) groups excluding carboxylic acids is 1. The number of esters is 1. The van der Waals surface area contributed by atoms with Gasteiger partial charge in [0.15, 0.2) is 0 Å². The molecule has 0 spiro atoms. The zero-order valence-electron chi connectivity index (χ0n) is 10.5. The molecule has 1 saturated carbocycles. The summed E-state index contributed by atoms with van der Waals surface area (Å²) < 4.78 is 5.10. The lowest BCUT2D eigenvalue weighted by molar-refractivity contribution is -0.385. The molecule has 0 unspecified atom stereocenters. The van der Waals surface area contributed by atoms with E-state index in [0.717, 1.165) is 18.9 Å². The summed E-state index contributed by atoms with van der Waals surface area (Å²) in [6, 6.07) is 5.83. The van der Waals surface area contributed by atoms with E-state index >= 15 is 0 Å². The molecule has 1 aliphatic carbocycles. The Kier molecular flexibility index (Phi) is 3.91. The molecule has 104 valence electrons. The van der Waals surface area contributed by atoms with E-state index in [-0.39, 0.29) is 28.3 Å². The molecule has 0 aromatic heterocycles.